The normalized spacial score (nSPS) is 40.1. The van der Waals surface area contributed by atoms with Crippen molar-refractivity contribution < 1.29 is 14.3 Å². The zero-order chi connectivity index (χ0) is 10.1. The van der Waals surface area contributed by atoms with Gasteiger partial charge in [-0.25, -0.2) is 0 Å². The van der Waals surface area contributed by atoms with Crippen LogP contribution in [0, 0.1) is 17.8 Å². The van der Waals surface area contributed by atoms with Crippen molar-refractivity contribution in [2.45, 2.75) is 0 Å². The van der Waals surface area contributed by atoms with Crippen molar-refractivity contribution in [3.63, 3.8) is 0 Å². The van der Waals surface area contributed by atoms with Crippen LogP contribution in [0.25, 0.3) is 0 Å². The highest BCUT2D eigenvalue weighted by molar-refractivity contribution is 5.73. The summed E-state index contributed by atoms with van der Waals surface area (Å²) in [6, 6.07) is 0. The van der Waals surface area contributed by atoms with Crippen LogP contribution in [0.1, 0.15) is 0 Å². The Morgan fingerprint density at radius 3 is 2.71 bits per heavy atom. The van der Waals surface area contributed by atoms with E-state index in [-0.39, 0.29) is 11.9 Å². The van der Waals surface area contributed by atoms with Crippen molar-refractivity contribution in [2.24, 2.45) is 17.8 Å². The predicted octanol–water partition coefficient (Wildman–Crippen LogP) is -0.0164. The van der Waals surface area contributed by atoms with Crippen LogP contribution in [0.5, 0.6) is 0 Å². The van der Waals surface area contributed by atoms with Crippen LogP contribution in [0.15, 0.2) is 0 Å². The Kier molecular flexibility index (Phi) is 2.74. The van der Waals surface area contributed by atoms with Gasteiger partial charge in [0.1, 0.15) is 0 Å². The van der Waals surface area contributed by atoms with Crippen LogP contribution < -0.4 is 0 Å². The van der Waals surface area contributed by atoms with Crippen LogP contribution in [0.4, 0.5) is 0 Å². The molecular formula is C10H17NO3. The molecule has 0 aromatic heterocycles. The van der Waals surface area contributed by atoms with Gasteiger partial charge in [-0.15, -0.1) is 0 Å². The van der Waals surface area contributed by atoms with Gasteiger partial charge in [0.05, 0.1) is 19.6 Å². The van der Waals surface area contributed by atoms with Crippen molar-refractivity contribution in [2.75, 3.05) is 40.5 Å². The van der Waals surface area contributed by atoms with Crippen LogP contribution in [0.2, 0.25) is 0 Å². The lowest BCUT2D eigenvalue weighted by Gasteiger charge is -2.27. The molecule has 0 spiro atoms. The minimum absolute atomic E-state index is 0.0571. The molecule has 4 heteroatoms. The highest BCUT2D eigenvalue weighted by Crippen LogP contribution is 2.38. The summed E-state index contributed by atoms with van der Waals surface area (Å²) >= 11 is 0. The maximum absolute atomic E-state index is 11.5. The van der Waals surface area contributed by atoms with E-state index in [1.807, 2.05) is 0 Å². The van der Waals surface area contributed by atoms with E-state index in [2.05, 4.69) is 4.90 Å². The highest BCUT2D eigenvalue weighted by atomic mass is 16.5. The van der Waals surface area contributed by atoms with Gasteiger partial charge in [0, 0.05) is 26.7 Å². The average Bonchev–Trinajstić information content (AvgIpc) is 2.76. The molecule has 2 heterocycles. The Labute approximate surface area is 84.2 Å². The van der Waals surface area contributed by atoms with E-state index >= 15 is 0 Å². The third-order valence-electron chi connectivity index (χ3n) is 3.42. The molecule has 0 amide bonds. The molecule has 0 aliphatic carbocycles. The minimum Gasteiger partial charge on any atom is -0.469 e. The summed E-state index contributed by atoms with van der Waals surface area (Å²) in [5, 5.41) is 0. The number of carbonyl (C=O) groups excluding carboxylic acids is 1. The molecule has 2 bridgehead atoms. The number of piperidine rings is 1. The van der Waals surface area contributed by atoms with Gasteiger partial charge in [-0.1, -0.05) is 0 Å². The van der Waals surface area contributed by atoms with Gasteiger partial charge in [-0.05, 0) is 11.8 Å². The number of esters is 1. The standard InChI is InChI=1S/C10H17NO3/c1-13-6-7-3-11-4-8(7)9(5-11)10(12)14-2/h7-9H,3-6H2,1-2H3. The second kappa shape index (κ2) is 3.87. The smallest absolute Gasteiger partial charge is 0.310 e. The molecule has 0 saturated carbocycles. The van der Waals surface area contributed by atoms with E-state index in [0.717, 1.165) is 26.2 Å². The molecule has 2 aliphatic heterocycles. The fraction of sp³-hybridized carbons (Fsp3) is 0.900. The Hall–Kier alpha value is -0.610. The largest absolute Gasteiger partial charge is 0.469 e. The van der Waals surface area contributed by atoms with Gasteiger partial charge < -0.3 is 14.4 Å². The second-order valence-electron chi connectivity index (χ2n) is 4.23. The summed E-state index contributed by atoms with van der Waals surface area (Å²) in [5.74, 6) is 0.979. The molecule has 2 saturated heterocycles. The minimum atomic E-state index is -0.0571. The lowest BCUT2D eigenvalue weighted by Crippen LogP contribution is -2.37. The van der Waals surface area contributed by atoms with E-state index in [4.69, 9.17) is 9.47 Å². The number of hydrogen-bond acceptors (Lipinski definition) is 4. The fourth-order valence-corrected chi connectivity index (χ4v) is 2.80. The van der Waals surface area contributed by atoms with Crippen molar-refractivity contribution in [1.82, 2.24) is 4.90 Å². The monoisotopic (exact) mass is 199 g/mol. The number of ether oxygens (including phenoxy) is 2. The second-order valence-corrected chi connectivity index (χ2v) is 4.23. The topological polar surface area (TPSA) is 38.8 Å². The molecule has 4 atom stereocenters. The van der Waals surface area contributed by atoms with E-state index in [0.29, 0.717) is 11.8 Å². The maximum atomic E-state index is 11.5. The molecule has 0 aromatic carbocycles. The van der Waals surface area contributed by atoms with Crippen molar-refractivity contribution >= 4 is 5.97 Å². The molecule has 2 aliphatic rings. The molecule has 2 fully saturated rings. The SMILES string of the molecule is COCC1CN2CC(C(=O)OC)C1C2. The van der Waals surface area contributed by atoms with Gasteiger partial charge in [0.2, 0.25) is 0 Å². The molecule has 4 nitrogen and oxygen atoms in total. The average molecular weight is 199 g/mol. The van der Waals surface area contributed by atoms with Gasteiger partial charge >= 0.3 is 5.97 Å². The third-order valence-corrected chi connectivity index (χ3v) is 3.42. The van der Waals surface area contributed by atoms with E-state index in [1.165, 1.54) is 7.11 Å². The first-order valence-corrected chi connectivity index (χ1v) is 5.05. The fourth-order valence-electron chi connectivity index (χ4n) is 2.80. The molecule has 0 N–H and O–H groups in total. The number of hydrogen-bond donors (Lipinski definition) is 0. The summed E-state index contributed by atoms with van der Waals surface area (Å²) in [6.45, 7) is 3.74. The molecule has 4 unspecified atom stereocenters. The molecule has 0 radical (unpaired) electrons. The lowest BCUT2D eigenvalue weighted by molar-refractivity contribution is -0.147. The number of nitrogens with zero attached hydrogens (tertiary/aromatic N) is 1. The summed E-state index contributed by atoms with van der Waals surface area (Å²) in [7, 11) is 3.18. The first-order valence-electron chi connectivity index (χ1n) is 5.05. The van der Waals surface area contributed by atoms with Crippen molar-refractivity contribution in [3.8, 4) is 0 Å². The van der Waals surface area contributed by atoms with Crippen LogP contribution in [-0.2, 0) is 14.3 Å². The number of carbonyl (C=O) groups is 1. The maximum Gasteiger partial charge on any atom is 0.310 e. The van der Waals surface area contributed by atoms with Gasteiger partial charge in [0.15, 0.2) is 0 Å². The summed E-state index contributed by atoms with van der Waals surface area (Å²) in [6.07, 6.45) is 0. The molecule has 14 heavy (non-hydrogen) atoms. The van der Waals surface area contributed by atoms with E-state index in [1.54, 1.807) is 7.11 Å². The summed E-state index contributed by atoms with van der Waals surface area (Å²) in [4.78, 5) is 13.8. The van der Waals surface area contributed by atoms with E-state index in [9.17, 15) is 4.79 Å². The first-order chi connectivity index (χ1) is 6.76. The highest BCUT2D eigenvalue weighted by Gasteiger charge is 2.48. The van der Waals surface area contributed by atoms with Crippen LogP contribution in [0.3, 0.4) is 0 Å². The number of methoxy groups -OCH3 is 2. The van der Waals surface area contributed by atoms with Gasteiger partial charge in [-0.2, -0.15) is 0 Å². The number of rotatable bonds is 3. The molecule has 80 valence electrons. The Morgan fingerprint density at radius 2 is 2.14 bits per heavy atom. The molecular weight excluding hydrogens is 182 g/mol. The van der Waals surface area contributed by atoms with Crippen molar-refractivity contribution in [3.05, 3.63) is 0 Å². The van der Waals surface area contributed by atoms with Crippen LogP contribution >= 0.6 is 0 Å². The van der Waals surface area contributed by atoms with Gasteiger partial charge in [0.25, 0.3) is 0 Å². The summed E-state index contributed by atoms with van der Waals surface area (Å²) in [5.41, 5.74) is 0. The van der Waals surface area contributed by atoms with Crippen LogP contribution in [-0.4, -0.2) is 51.3 Å². The lowest BCUT2D eigenvalue weighted by atomic mass is 9.84. The molecule has 0 aromatic rings. The quantitative estimate of drug-likeness (QED) is 0.599. The van der Waals surface area contributed by atoms with E-state index < -0.39 is 0 Å². The Balaban J connectivity index is 2.00. The predicted molar refractivity (Wildman–Crippen MR) is 50.8 cm³/mol. The third kappa shape index (κ3) is 1.53. The zero-order valence-corrected chi connectivity index (χ0v) is 8.73. The zero-order valence-electron chi connectivity index (χ0n) is 8.73. The Morgan fingerprint density at radius 1 is 1.36 bits per heavy atom. The molecule has 2 rings (SSSR count). The van der Waals surface area contributed by atoms with Crippen molar-refractivity contribution in [1.29, 1.82) is 0 Å². The number of fused-ring (bicyclic) bond motifs is 2. The summed E-state index contributed by atoms with van der Waals surface area (Å²) < 4.78 is 9.97. The van der Waals surface area contributed by atoms with Gasteiger partial charge in [-0.3, -0.25) is 4.79 Å². The Bertz CT molecular complexity index is 231. The first kappa shape index (κ1) is 9.93.